The maximum atomic E-state index is 12.5. The lowest BCUT2D eigenvalue weighted by Crippen LogP contribution is -2.26. The number of thiophene rings is 1. The highest BCUT2D eigenvalue weighted by Gasteiger charge is 2.25. The molecule has 0 unspecified atom stereocenters. The second kappa shape index (κ2) is 5.11. The molecule has 0 amide bonds. The van der Waals surface area contributed by atoms with E-state index >= 15 is 0 Å². The van der Waals surface area contributed by atoms with Crippen LogP contribution in [0.1, 0.15) is 21.3 Å². The van der Waals surface area contributed by atoms with Gasteiger partial charge in [0, 0.05) is 16.8 Å². The van der Waals surface area contributed by atoms with E-state index in [4.69, 9.17) is 4.42 Å². The quantitative estimate of drug-likeness (QED) is 0.871. The number of sulfonamides is 1. The van der Waals surface area contributed by atoms with E-state index < -0.39 is 10.0 Å². The van der Waals surface area contributed by atoms with E-state index in [9.17, 15) is 8.42 Å². The van der Waals surface area contributed by atoms with E-state index in [1.165, 1.54) is 15.6 Å². The molecule has 2 heterocycles. The van der Waals surface area contributed by atoms with Gasteiger partial charge < -0.3 is 4.42 Å². The summed E-state index contributed by atoms with van der Waals surface area (Å²) in [6.07, 6.45) is 0. The molecule has 4 nitrogen and oxygen atoms in total. The van der Waals surface area contributed by atoms with Crippen LogP contribution in [0.25, 0.3) is 0 Å². The van der Waals surface area contributed by atoms with Crippen molar-refractivity contribution in [3.63, 3.8) is 0 Å². The Balaban J connectivity index is 2.27. The van der Waals surface area contributed by atoms with Crippen LogP contribution in [-0.4, -0.2) is 19.8 Å². The summed E-state index contributed by atoms with van der Waals surface area (Å²) in [5, 5.41) is 0. The minimum absolute atomic E-state index is 0.241. The van der Waals surface area contributed by atoms with Crippen LogP contribution in [0.4, 0.5) is 0 Å². The number of furan rings is 1. The summed E-state index contributed by atoms with van der Waals surface area (Å²) in [4.78, 5) is 2.21. The van der Waals surface area contributed by atoms with Gasteiger partial charge in [-0.3, -0.25) is 0 Å². The van der Waals surface area contributed by atoms with Crippen LogP contribution < -0.4 is 0 Å². The van der Waals surface area contributed by atoms with Crippen LogP contribution >= 0.6 is 11.3 Å². The standard InChI is InChI=1S/C13H17NO3S2/c1-9-5-6-12(17-9)8-14(4)19(15,16)13-7-10(2)18-11(13)3/h5-7H,8H2,1-4H3. The second-order valence-corrected chi connectivity index (χ2v) is 8.02. The van der Waals surface area contributed by atoms with Crippen molar-refractivity contribution in [3.8, 4) is 0 Å². The van der Waals surface area contributed by atoms with Crippen molar-refractivity contribution in [1.29, 1.82) is 0 Å². The summed E-state index contributed by atoms with van der Waals surface area (Å²) in [5.41, 5.74) is 0. The van der Waals surface area contributed by atoms with Gasteiger partial charge in [-0.1, -0.05) is 0 Å². The summed E-state index contributed by atoms with van der Waals surface area (Å²) >= 11 is 1.49. The van der Waals surface area contributed by atoms with Crippen molar-refractivity contribution >= 4 is 21.4 Å². The Morgan fingerprint density at radius 3 is 2.42 bits per heavy atom. The van der Waals surface area contributed by atoms with Gasteiger partial charge >= 0.3 is 0 Å². The third-order valence-corrected chi connectivity index (χ3v) is 5.88. The predicted molar refractivity (Wildman–Crippen MR) is 75.9 cm³/mol. The zero-order valence-corrected chi connectivity index (χ0v) is 13.1. The van der Waals surface area contributed by atoms with Crippen LogP contribution in [0.15, 0.2) is 27.5 Å². The first-order valence-electron chi connectivity index (χ1n) is 5.89. The topological polar surface area (TPSA) is 50.5 Å². The molecule has 0 aliphatic carbocycles. The Kier molecular flexibility index (Phi) is 3.85. The minimum atomic E-state index is -3.45. The minimum Gasteiger partial charge on any atom is -0.465 e. The Morgan fingerprint density at radius 2 is 1.95 bits per heavy atom. The molecule has 0 aromatic carbocycles. The fraction of sp³-hybridized carbons (Fsp3) is 0.385. The molecule has 0 spiro atoms. The van der Waals surface area contributed by atoms with Crippen molar-refractivity contribution in [1.82, 2.24) is 4.31 Å². The summed E-state index contributed by atoms with van der Waals surface area (Å²) in [7, 11) is -1.88. The van der Waals surface area contributed by atoms with E-state index in [2.05, 4.69) is 0 Å². The number of hydrogen-bond donors (Lipinski definition) is 0. The largest absolute Gasteiger partial charge is 0.465 e. The lowest BCUT2D eigenvalue weighted by Gasteiger charge is -2.15. The average molecular weight is 299 g/mol. The predicted octanol–water partition coefficient (Wildman–Crippen LogP) is 3.09. The number of rotatable bonds is 4. The summed E-state index contributed by atoms with van der Waals surface area (Å²) in [6, 6.07) is 5.35. The van der Waals surface area contributed by atoms with Gasteiger partial charge in [-0.05, 0) is 39.0 Å². The van der Waals surface area contributed by atoms with E-state index in [0.717, 1.165) is 15.5 Å². The molecule has 0 aliphatic rings. The van der Waals surface area contributed by atoms with Crippen LogP contribution in [-0.2, 0) is 16.6 Å². The monoisotopic (exact) mass is 299 g/mol. The molecule has 0 saturated heterocycles. The molecule has 2 aromatic rings. The molecule has 104 valence electrons. The molecule has 2 rings (SSSR count). The molecule has 19 heavy (non-hydrogen) atoms. The fourth-order valence-corrected chi connectivity index (χ4v) is 4.56. The third-order valence-electron chi connectivity index (χ3n) is 2.86. The molecule has 2 aromatic heterocycles. The first kappa shape index (κ1) is 14.3. The molecule has 0 aliphatic heterocycles. The molecule has 0 fully saturated rings. The van der Waals surface area contributed by atoms with Gasteiger partial charge in [0.25, 0.3) is 0 Å². The Labute approximate surface area is 117 Å². The molecule has 0 radical (unpaired) electrons. The van der Waals surface area contributed by atoms with Gasteiger partial charge in [-0.15, -0.1) is 11.3 Å². The van der Waals surface area contributed by atoms with Crippen LogP contribution in [0, 0.1) is 20.8 Å². The maximum absolute atomic E-state index is 12.5. The Bertz CT molecular complexity index is 683. The van der Waals surface area contributed by atoms with Crippen molar-refractivity contribution in [2.75, 3.05) is 7.05 Å². The number of nitrogens with zero attached hydrogens (tertiary/aromatic N) is 1. The molecule has 0 saturated carbocycles. The van der Waals surface area contributed by atoms with Gasteiger partial charge in [-0.25, -0.2) is 8.42 Å². The van der Waals surface area contributed by atoms with Crippen LogP contribution in [0.5, 0.6) is 0 Å². The summed E-state index contributed by atoms with van der Waals surface area (Å²) < 4.78 is 31.7. The third kappa shape index (κ3) is 2.91. The maximum Gasteiger partial charge on any atom is 0.244 e. The van der Waals surface area contributed by atoms with Crippen molar-refractivity contribution in [2.24, 2.45) is 0 Å². The summed E-state index contributed by atoms with van der Waals surface area (Å²) in [5.74, 6) is 1.43. The first-order chi connectivity index (χ1) is 8.80. The smallest absolute Gasteiger partial charge is 0.244 e. The first-order valence-corrected chi connectivity index (χ1v) is 8.15. The van der Waals surface area contributed by atoms with Crippen LogP contribution in [0.2, 0.25) is 0 Å². The SMILES string of the molecule is Cc1ccc(CN(C)S(=O)(=O)c2cc(C)sc2C)o1. The van der Waals surface area contributed by atoms with Gasteiger partial charge in [0.1, 0.15) is 11.5 Å². The van der Waals surface area contributed by atoms with E-state index in [1.54, 1.807) is 19.2 Å². The number of hydrogen-bond acceptors (Lipinski definition) is 4. The lowest BCUT2D eigenvalue weighted by molar-refractivity contribution is 0.397. The van der Waals surface area contributed by atoms with Gasteiger partial charge in [0.05, 0.1) is 11.4 Å². The van der Waals surface area contributed by atoms with Crippen molar-refractivity contribution in [2.45, 2.75) is 32.2 Å². The van der Waals surface area contributed by atoms with Gasteiger partial charge in [0.15, 0.2) is 0 Å². The Hall–Kier alpha value is -1.11. The van der Waals surface area contributed by atoms with Gasteiger partial charge in [-0.2, -0.15) is 4.31 Å². The molecule has 6 heteroatoms. The Morgan fingerprint density at radius 1 is 1.26 bits per heavy atom. The zero-order valence-electron chi connectivity index (χ0n) is 11.4. The van der Waals surface area contributed by atoms with E-state index in [-0.39, 0.29) is 6.54 Å². The van der Waals surface area contributed by atoms with E-state index in [0.29, 0.717) is 10.7 Å². The van der Waals surface area contributed by atoms with Gasteiger partial charge in [0.2, 0.25) is 10.0 Å². The van der Waals surface area contributed by atoms with Crippen LogP contribution in [0.3, 0.4) is 0 Å². The highest BCUT2D eigenvalue weighted by atomic mass is 32.2. The molecular weight excluding hydrogens is 282 g/mol. The second-order valence-electron chi connectivity index (χ2n) is 4.55. The summed E-state index contributed by atoms with van der Waals surface area (Å²) in [6.45, 7) is 5.82. The fourth-order valence-electron chi connectivity index (χ4n) is 1.91. The van der Waals surface area contributed by atoms with Crippen molar-refractivity contribution in [3.05, 3.63) is 39.5 Å². The van der Waals surface area contributed by atoms with E-state index in [1.807, 2.05) is 26.8 Å². The lowest BCUT2D eigenvalue weighted by atomic mass is 10.4. The molecule has 0 bridgehead atoms. The molecule has 0 N–H and O–H groups in total. The zero-order chi connectivity index (χ0) is 14.2. The molecular formula is C13H17NO3S2. The highest BCUT2D eigenvalue weighted by molar-refractivity contribution is 7.89. The molecule has 0 atom stereocenters. The average Bonchev–Trinajstić information content (AvgIpc) is 2.85. The normalized spacial score (nSPS) is 12.3. The van der Waals surface area contributed by atoms with Crippen molar-refractivity contribution < 1.29 is 12.8 Å². The highest BCUT2D eigenvalue weighted by Crippen LogP contribution is 2.27. The number of aryl methyl sites for hydroxylation is 3.